The van der Waals surface area contributed by atoms with Gasteiger partial charge in [-0.05, 0) is 36.8 Å². The van der Waals surface area contributed by atoms with Gasteiger partial charge in [0.25, 0.3) is 5.91 Å². The standard InChI is InChI=1S/C18H13BrFNO3S/c1-10-2-5-15-14(6-10)21(18(24)16(25-15)8-17(22)23)9-11-3-4-12(19)7-13(11)20/h2-8H,9H2,1H3,(H,22,23). The topological polar surface area (TPSA) is 57.6 Å². The fraction of sp³-hybridized carbons (Fsp3) is 0.111. The molecule has 0 radical (unpaired) electrons. The summed E-state index contributed by atoms with van der Waals surface area (Å²) in [6.45, 7) is 1.92. The third kappa shape index (κ3) is 3.77. The average molecular weight is 422 g/mol. The van der Waals surface area contributed by atoms with E-state index in [4.69, 9.17) is 5.11 Å². The number of aryl methyl sites for hydroxylation is 1. The molecule has 1 N–H and O–H groups in total. The van der Waals surface area contributed by atoms with Crippen LogP contribution in [-0.2, 0) is 16.1 Å². The highest BCUT2D eigenvalue weighted by Gasteiger charge is 2.30. The monoisotopic (exact) mass is 421 g/mol. The van der Waals surface area contributed by atoms with Crippen LogP contribution >= 0.6 is 27.7 Å². The van der Waals surface area contributed by atoms with Crippen molar-refractivity contribution in [1.82, 2.24) is 0 Å². The number of rotatable bonds is 3. The molecule has 0 bridgehead atoms. The van der Waals surface area contributed by atoms with Crippen LogP contribution in [0.3, 0.4) is 0 Å². The molecule has 0 unspecified atom stereocenters. The van der Waals surface area contributed by atoms with Crippen molar-refractivity contribution in [2.75, 3.05) is 4.90 Å². The molecular formula is C18H13BrFNO3S. The number of thioether (sulfide) groups is 1. The summed E-state index contributed by atoms with van der Waals surface area (Å²) in [5.74, 6) is -2.08. The lowest BCUT2D eigenvalue weighted by Crippen LogP contribution is -2.34. The van der Waals surface area contributed by atoms with Gasteiger partial charge in [-0.2, -0.15) is 0 Å². The molecule has 1 heterocycles. The summed E-state index contributed by atoms with van der Waals surface area (Å²) in [4.78, 5) is 26.0. The van der Waals surface area contributed by atoms with E-state index in [1.54, 1.807) is 12.1 Å². The van der Waals surface area contributed by atoms with Gasteiger partial charge in [-0.3, -0.25) is 4.79 Å². The van der Waals surface area contributed by atoms with E-state index in [1.165, 1.54) is 11.0 Å². The van der Waals surface area contributed by atoms with Crippen LogP contribution in [0.5, 0.6) is 0 Å². The van der Waals surface area contributed by atoms with Crippen LogP contribution in [0.15, 0.2) is 56.7 Å². The Morgan fingerprint density at radius 3 is 2.76 bits per heavy atom. The fourth-order valence-electron chi connectivity index (χ4n) is 2.51. The van der Waals surface area contributed by atoms with E-state index in [9.17, 15) is 14.0 Å². The van der Waals surface area contributed by atoms with E-state index < -0.39 is 17.7 Å². The molecule has 0 atom stereocenters. The maximum Gasteiger partial charge on any atom is 0.329 e. The highest BCUT2D eigenvalue weighted by atomic mass is 79.9. The predicted octanol–water partition coefficient (Wildman–Crippen LogP) is 4.50. The molecule has 0 saturated carbocycles. The predicted molar refractivity (Wildman–Crippen MR) is 98.0 cm³/mol. The van der Waals surface area contributed by atoms with Gasteiger partial charge in [0, 0.05) is 21.0 Å². The zero-order valence-corrected chi connectivity index (χ0v) is 15.5. The van der Waals surface area contributed by atoms with E-state index in [-0.39, 0.29) is 11.4 Å². The second-order valence-electron chi connectivity index (χ2n) is 5.55. The lowest BCUT2D eigenvalue weighted by atomic mass is 10.1. The number of carboxylic acid groups (broad SMARTS) is 1. The first-order chi connectivity index (χ1) is 11.8. The molecule has 4 nitrogen and oxygen atoms in total. The van der Waals surface area contributed by atoms with Gasteiger partial charge in [0.05, 0.1) is 17.1 Å². The summed E-state index contributed by atoms with van der Waals surface area (Å²) < 4.78 is 14.8. The number of halogens is 2. The lowest BCUT2D eigenvalue weighted by Gasteiger charge is -2.30. The van der Waals surface area contributed by atoms with Crippen LogP contribution in [0, 0.1) is 12.7 Å². The van der Waals surface area contributed by atoms with E-state index in [2.05, 4.69) is 15.9 Å². The minimum Gasteiger partial charge on any atom is -0.478 e. The van der Waals surface area contributed by atoms with Crippen molar-refractivity contribution in [3.05, 3.63) is 68.8 Å². The smallest absolute Gasteiger partial charge is 0.329 e. The van der Waals surface area contributed by atoms with Gasteiger partial charge in [0.2, 0.25) is 0 Å². The van der Waals surface area contributed by atoms with Crippen molar-refractivity contribution in [3.63, 3.8) is 0 Å². The average Bonchev–Trinajstić information content (AvgIpc) is 2.53. The molecule has 1 aliphatic rings. The Morgan fingerprint density at radius 2 is 2.08 bits per heavy atom. The normalized spacial score (nSPS) is 15.4. The van der Waals surface area contributed by atoms with Crippen molar-refractivity contribution < 1.29 is 19.1 Å². The van der Waals surface area contributed by atoms with E-state index in [1.807, 2.05) is 25.1 Å². The molecule has 0 aromatic heterocycles. The van der Waals surface area contributed by atoms with E-state index >= 15 is 0 Å². The van der Waals surface area contributed by atoms with Crippen molar-refractivity contribution >= 4 is 45.3 Å². The molecule has 1 amide bonds. The number of aliphatic carboxylic acids is 1. The Balaban J connectivity index is 2.07. The Hall–Kier alpha value is -2.12. The lowest BCUT2D eigenvalue weighted by molar-refractivity contribution is -0.131. The maximum atomic E-state index is 14.2. The van der Waals surface area contributed by atoms with Gasteiger partial charge in [-0.15, -0.1) is 0 Å². The van der Waals surface area contributed by atoms with Gasteiger partial charge in [0.15, 0.2) is 0 Å². The molecule has 128 valence electrons. The number of hydrogen-bond acceptors (Lipinski definition) is 3. The van der Waals surface area contributed by atoms with Crippen molar-refractivity contribution in [1.29, 1.82) is 0 Å². The number of hydrogen-bond donors (Lipinski definition) is 1. The van der Waals surface area contributed by atoms with Gasteiger partial charge in [0.1, 0.15) is 5.82 Å². The number of fused-ring (bicyclic) bond motifs is 1. The van der Waals surface area contributed by atoms with Gasteiger partial charge in [-0.1, -0.05) is 39.8 Å². The number of anilines is 1. The molecular weight excluding hydrogens is 409 g/mol. The molecule has 0 fully saturated rings. The molecule has 0 spiro atoms. The highest BCUT2D eigenvalue weighted by molar-refractivity contribution is 9.10. The summed E-state index contributed by atoms with van der Waals surface area (Å²) in [6, 6.07) is 10.2. The van der Waals surface area contributed by atoms with Crippen molar-refractivity contribution in [2.24, 2.45) is 0 Å². The summed E-state index contributed by atoms with van der Waals surface area (Å²) >= 11 is 4.32. The number of carbonyl (C=O) groups excluding carboxylic acids is 1. The summed E-state index contributed by atoms with van der Waals surface area (Å²) in [5, 5.41) is 9.00. The molecule has 25 heavy (non-hydrogen) atoms. The second-order valence-corrected chi connectivity index (χ2v) is 7.55. The number of nitrogens with zero attached hydrogens (tertiary/aromatic N) is 1. The number of carboxylic acids is 1. The third-order valence-electron chi connectivity index (χ3n) is 3.68. The minimum atomic E-state index is -1.19. The summed E-state index contributed by atoms with van der Waals surface area (Å²) in [7, 11) is 0. The number of carbonyl (C=O) groups is 2. The number of benzene rings is 2. The molecule has 2 aromatic rings. The Morgan fingerprint density at radius 1 is 1.32 bits per heavy atom. The van der Waals surface area contributed by atoms with Crippen LogP contribution in [0.1, 0.15) is 11.1 Å². The molecule has 0 saturated heterocycles. The molecule has 7 heteroatoms. The van der Waals surface area contributed by atoms with Gasteiger partial charge < -0.3 is 10.0 Å². The molecule has 3 rings (SSSR count). The molecule has 1 aliphatic heterocycles. The second kappa shape index (κ2) is 7.01. The van der Waals surface area contributed by atoms with Crippen LogP contribution < -0.4 is 4.90 Å². The molecule has 0 aliphatic carbocycles. The largest absolute Gasteiger partial charge is 0.478 e. The van der Waals surface area contributed by atoms with Crippen LogP contribution in [0.2, 0.25) is 0 Å². The Kier molecular flexibility index (Phi) is 4.96. The third-order valence-corrected chi connectivity index (χ3v) is 5.25. The first-order valence-corrected chi connectivity index (χ1v) is 8.95. The van der Waals surface area contributed by atoms with Gasteiger partial charge >= 0.3 is 5.97 Å². The Bertz CT molecular complexity index is 913. The first-order valence-electron chi connectivity index (χ1n) is 7.34. The van der Waals surface area contributed by atoms with Crippen LogP contribution in [0.4, 0.5) is 10.1 Å². The summed E-state index contributed by atoms with van der Waals surface area (Å²) in [6.07, 6.45) is 0.890. The quantitative estimate of drug-likeness (QED) is 0.740. The zero-order valence-electron chi connectivity index (χ0n) is 13.1. The molecule has 2 aromatic carbocycles. The van der Waals surface area contributed by atoms with Crippen LogP contribution in [-0.4, -0.2) is 17.0 Å². The van der Waals surface area contributed by atoms with E-state index in [0.29, 0.717) is 15.7 Å². The fourth-order valence-corrected chi connectivity index (χ4v) is 3.85. The van der Waals surface area contributed by atoms with Gasteiger partial charge in [-0.25, -0.2) is 9.18 Å². The summed E-state index contributed by atoms with van der Waals surface area (Å²) in [5.41, 5.74) is 1.96. The van der Waals surface area contributed by atoms with Crippen LogP contribution in [0.25, 0.3) is 0 Å². The first kappa shape index (κ1) is 17.7. The van der Waals surface area contributed by atoms with E-state index in [0.717, 1.165) is 28.3 Å². The zero-order chi connectivity index (χ0) is 18.1. The SMILES string of the molecule is Cc1ccc2c(c1)N(Cc1ccc(Br)cc1F)C(=O)C(=CC(=O)O)S2. The number of amides is 1. The highest BCUT2D eigenvalue weighted by Crippen LogP contribution is 2.42. The maximum absolute atomic E-state index is 14.2. The van der Waals surface area contributed by atoms with Crippen molar-refractivity contribution in [3.8, 4) is 0 Å². The van der Waals surface area contributed by atoms with Crippen molar-refractivity contribution in [2.45, 2.75) is 18.4 Å². The minimum absolute atomic E-state index is 0.0198. The Labute approximate surface area is 156 Å².